The Bertz CT molecular complexity index is 110. The minimum Gasteiger partial charge on any atom is -0.362 e. The van der Waals surface area contributed by atoms with Crippen LogP contribution in [0.3, 0.4) is 0 Å². The fourth-order valence-corrected chi connectivity index (χ4v) is 1.40. The molecule has 68 valence electrons. The predicted octanol–water partition coefficient (Wildman–Crippen LogP) is -0.525. The van der Waals surface area contributed by atoms with Gasteiger partial charge in [0.1, 0.15) is 0 Å². The average molecular weight is 201 g/mol. The lowest BCUT2D eigenvalue weighted by Crippen LogP contribution is -2.22. The van der Waals surface area contributed by atoms with Crippen molar-refractivity contribution in [2.75, 3.05) is 6.54 Å². The van der Waals surface area contributed by atoms with Crippen molar-refractivity contribution in [3.63, 3.8) is 0 Å². The standard InChI is InChI=1S/C4H13NO4P2/c5-3-1-2-4(6,10)9-11(7)8/h6-8H,1-3,5,10H2. The lowest BCUT2D eigenvalue weighted by Gasteiger charge is -2.22. The van der Waals surface area contributed by atoms with Crippen molar-refractivity contribution >= 4 is 17.8 Å². The molecule has 11 heavy (non-hydrogen) atoms. The summed E-state index contributed by atoms with van der Waals surface area (Å²) in [5.74, 6) is 0. The van der Waals surface area contributed by atoms with Crippen molar-refractivity contribution in [3.8, 4) is 0 Å². The van der Waals surface area contributed by atoms with Crippen molar-refractivity contribution in [2.24, 2.45) is 5.73 Å². The highest BCUT2D eigenvalue weighted by atomic mass is 31.2. The molecule has 0 aromatic heterocycles. The summed E-state index contributed by atoms with van der Waals surface area (Å²) >= 11 is 0. The van der Waals surface area contributed by atoms with Crippen LogP contribution in [-0.2, 0) is 4.52 Å². The van der Waals surface area contributed by atoms with Crippen LogP contribution < -0.4 is 5.73 Å². The molecule has 2 atom stereocenters. The molecular weight excluding hydrogens is 188 g/mol. The molecule has 0 aliphatic heterocycles. The second-order valence-corrected chi connectivity index (χ2v) is 3.67. The summed E-state index contributed by atoms with van der Waals surface area (Å²) in [4.78, 5) is 16.8. The number of hydrogen-bond acceptors (Lipinski definition) is 5. The van der Waals surface area contributed by atoms with E-state index in [2.05, 4.69) is 4.52 Å². The zero-order chi connectivity index (χ0) is 8.91. The summed E-state index contributed by atoms with van der Waals surface area (Å²) < 4.78 is 4.38. The maximum Gasteiger partial charge on any atom is 0.329 e. The minimum atomic E-state index is -2.52. The van der Waals surface area contributed by atoms with E-state index in [1.54, 1.807) is 0 Å². The topological polar surface area (TPSA) is 95.9 Å². The van der Waals surface area contributed by atoms with E-state index in [1.807, 2.05) is 9.24 Å². The Balaban J connectivity index is 3.61. The van der Waals surface area contributed by atoms with Crippen LogP contribution in [0.25, 0.3) is 0 Å². The van der Waals surface area contributed by atoms with E-state index in [9.17, 15) is 5.11 Å². The maximum absolute atomic E-state index is 9.20. The van der Waals surface area contributed by atoms with Gasteiger partial charge in [0.25, 0.3) is 0 Å². The van der Waals surface area contributed by atoms with Gasteiger partial charge in [-0.25, -0.2) is 0 Å². The maximum atomic E-state index is 9.20. The van der Waals surface area contributed by atoms with Gasteiger partial charge in [-0.2, -0.15) is 0 Å². The molecule has 0 spiro atoms. The summed E-state index contributed by atoms with van der Waals surface area (Å²) in [5.41, 5.74) is 3.61. The van der Waals surface area contributed by atoms with Gasteiger partial charge >= 0.3 is 8.60 Å². The van der Waals surface area contributed by atoms with E-state index in [0.717, 1.165) is 0 Å². The molecule has 0 aromatic carbocycles. The molecule has 2 unspecified atom stereocenters. The third kappa shape index (κ3) is 7.04. The molecular formula is C4H13NO4P2. The van der Waals surface area contributed by atoms with Crippen LogP contribution in [0.2, 0.25) is 0 Å². The summed E-state index contributed by atoms with van der Waals surface area (Å²) in [6, 6.07) is 0. The molecule has 7 heteroatoms. The molecule has 0 radical (unpaired) electrons. The number of rotatable bonds is 5. The first-order chi connectivity index (χ1) is 4.98. The van der Waals surface area contributed by atoms with Gasteiger partial charge in [-0.15, -0.1) is 0 Å². The Morgan fingerprint density at radius 1 is 1.55 bits per heavy atom. The Labute approximate surface area is 68.8 Å². The molecule has 0 aliphatic rings. The fourth-order valence-electron chi connectivity index (χ4n) is 0.542. The third-order valence-electron chi connectivity index (χ3n) is 0.979. The summed E-state index contributed by atoms with van der Waals surface area (Å²) in [6.45, 7) is 0.425. The Morgan fingerprint density at radius 3 is 2.45 bits per heavy atom. The van der Waals surface area contributed by atoms with Crippen molar-refractivity contribution in [3.05, 3.63) is 0 Å². The van der Waals surface area contributed by atoms with Gasteiger partial charge in [-0.1, -0.05) is 9.24 Å². The van der Waals surface area contributed by atoms with E-state index in [4.69, 9.17) is 15.5 Å². The highest BCUT2D eigenvalue weighted by Crippen LogP contribution is 2.37. The SMILES string of the molecule is NCCCC(O)(P)OP(O)O. The summed E-state index contributed by atoms with van der Waals surface area (Å²) in [7, 11) is -0.532. The molecule has 0 aromatic rings. The van der Waals surface area contributed by atoms with Crippen LogP contribution in [0.1, 0.15) is 12.8 Å². The Hall–Kier alpha value is 0.660. The first-order valence-electron chi connectivity index (χ1n) is 3.06. The quantitative estimate of drug-likeness (QED) is 0.354. The lowest BCUT2D eigenvalue weighted by molar-refractivity contribution is -0.0667. The average Bonchev–Trinajstić information content (AvgIpc) is 1.81. The van der Waals surface area contributed by atoms with Crippen LogP contribution >= 0.6 is 17.8 Å². The van der Waals surface area contributed by atoms with Crippen LogP contribution in [0, 0.1) is 0 Å². The second-order valence-electron chi connectivity index (χ2n) is 2.08. The number of hydrogen-bond donors (Lipinski definition) is 4. The zero-order valence-corrected chi connectivity index (χ0v) is 8.02. The normalized spacial score (nSPS) is 16.9. The van der Waals surface area contributed by atoms with E-state index < -0.39 is 14.1 Å². The monoisotopic (exact) mass is 201 g/mol. The van der Waals surface area contributed by atoms with Crippen LogP contribution in [0.5, 0.6) is 0 Å². The van der Waals surface area contributed by atoms with Crippen LogP contribution in [-0.4, -0.2) is 27.0 Å². The highest BCUT2D eigenvalue weighted by molar-refractivity contribution is 7.40. The van der Waals surface area contributed by atoms with Crippen molar-refractivity contribution in [1.82, 2.24) is 0 Å². The molecule has 0 rings (SSSR count). The van der Waals surface area contributed by atoms with Gasteiger partial charge in [-0.3, -0.25) is 4.52 Å². The Morgan fingerprint density at radius 2 is 2.09 bits per heavy atom. The number of nitrogens with two attached hydrogens (primary N) is 1. The molecule has 0 heterocycles. The van der Waals surface area contributed by atoms with E-state index in [1.165, 1.54) is 0 Å². The third-order valence-corrected chi connectivity index (χ3v) is 2.06. The van der Waals surface area contributed by atoms with Gasteiger partial charge < -0.3 is 20.6 Å². The van der Waals surface area contributed by atoms with Gasteiger partial charge in [-0.05, 0) is 13.0 Å². The van der Waals surface area contributed by atoms with Crippen molar-refractivity contribution in [1.29, 1.82) is 0 Å². The fraction of sp³-hybridized carbons (Fsp3) is 1.00. The van der Waals surface area contributed by atoms with Gasteiger partial charge in [0.15, 0.2) is 5.53 Å². The van der Waals surface area contributed by atoms with Gasteiger partial charge in [0.2, 0.25) is 0 Å². The second kappa shape index (κ2) is 5.33. The van der Waals surface area contributed by atoms with Gasteiger partial charge in [0.05, 0.1) is 0 Å². The molecule has 0 aliphatic carbocycles. The molecule has 0 bridgehead atoms. The molecule has 0 fully saturated rings. The zero-order valence-electron chi connectivity index (χ0n) is 5.97. The first kappa shape index (κ1) is 11.7. The van der Waals surface area contributed by atoms with Crippen molar-refractivity contribution in [2.45, 2.75) is 18.4 Å². The van der Waals surface area contributed by atoms with Crippen LogP contribution in [0.4, 0.5) is 0 Å². The molecule has 0 amide bonds. The number of aliphatic hydroxyl groups is 1. The predicted molar refractivity (Wildman–Crippen MR) is 45.4 cm³/mol. The highest BCUT2D eigenvalue weighted by Gasteiger charge is 2.24. The molecule has 5 N–H and O–H groups in total. The molecule has 0 saturated heterocycles. The smallest absolute Gasteiger partial charge is 0.329 e. The van der Waals surface area contributed by atoms with E-state index >= 15 is 0 Å². The Kier molecular flexibility index (Phi) is 5.65. The van der Waals surface area contributed by atoms with Crippen molar-refractivity contribution < 1.29 is 19.4 Å². The van der Waals surface area contributed by atoms with E-state index in [0.29, 0.717) is 13.0 Å². The van der Waals surface area contributed by atoms with E-state index in [-0.39, 0.29) is 6.42 Å². The lowest BCUT2D eigenvalue weighted by atomic mass is 10.3. The largest absolute Gasteiger partial charge is 0.362 e. The molecule has 0 saturated carbocycles. The summed E-state index contributed by atoms with van der Waals surface area (Å²) in [6.07, 6.45) is 0.817. The first-order valence-corrected chi connectivity index (χ1v) is 4.80. The van der Waals surface area contributed by atoms with Crippen LogP contribution in [0.15, 0.2) is 0 Å². The summed E-state index contributed by atoms with van der Waals surface area (Å²) in [5, 5.41) is 9.20. The van der Waals surface area contributed by atoms with Gasteiger partial charge in [0, 0.05) is 6.42 Å². The molecule has 5 nitrogen and oxygen atoms in total. The minimum absolute atomic E-state index is 0.258.